The number of ether oxygens (including phenoxy) is 1. The van der Waals surface area contributed by atoms with Crippen LogP contribution in [0.5, 0.6) is 5.75 Å². The van der Waals surface area contributed by atoms with Crippen molar-refractivity contribution in [1.29, 1.82) is 0 Å². The molecule has 1 aromatic heterocycles. The smallest absolute Gasteiger partial charge is 0.274 e. The first-order chi connectivity index (χ1) is 24.1. The van der Waals surface area contributed by atoms with Crippen LogP contribution in [0.4, 0.5) is 5.69 Å². The van der Waals surface area contributed by atoms with Gasteiger partial charge in [0.05, 0.1) is 24.4 Å². The molecule has 0 saturated carbocycles. The van der Waals surface area contributed by atoms with Gasteiger partial charge in [-0.25, -0.2) is 14.7 Å². The number of nitrogens with zero attached hydrogens (tertiary/aromatic N) is 5. The highest BCUT2D eigenvalue weighted by Gasteiger charge is 2.40. The number of unbranched alkanes of at least 4 members (excludes halogenated alkanes) is 15. The highest BCUT2D eigenvalue weighted by molar-refractivity contribution is 6.11. The molecule has 0 aliphatic carbocycles. The van der Waals surface area contributed by atoms with E-state index in [1.165, 1.54) is 96.3 Å². The highest BCUT2D eigenvalue weighted by Crippen LogP contribution is 2.27. The summed E-state index contributed by atoms with van der Waals surface area (Å²) in [5.41, 5.74) is 7.64. The molecule has 0 radical (unpaired) electrons. The lowest BCUT2D eigenvalue weighted by Gasteiger charge is -2.15. The molecule has 49 heavy (non-hydrogen) atoms. The second kappa shape index (κ2) is 19.7. The predicted octanol–water partition coefficient (Wildman–Crippen LogP) is 10.2. The van der Waals surface area contributed by atoms with Crippen LogP contribution in [0.25, 0.3) is 11.0 Å². The van der Waals surface area contributed by atoms with E-state index in [9.17, 15) is 4.79 Å². The number of nitrogens with one attached hydrogen (secondary N) is 1. The number of benzene rings is 3. The van der Waals surface area contributed by atoms with Gasteiger partial charge in [-0.3, -0.25) is 10.2 Å². The first-order valence-electron chi connectivity index (χ1n) is 18.9. The number of rotatable bonds is 22. The molecule has 3 aromatic carbocycles. The Labute approximate surface area is 293 Å². The van der Waals surface area contributed by atoms with Crippen LogP contribution in [0.3, 0.4) is 0 Å². The number of hydrogen-bond donors (Lipinski definition) is 1. The number of hydrogen-bond acceptors (Lipinski definition) is 5. The van der Waals surface area contributed by atoms with Crippen LogP contribution in [0.15, 0.2) is 77.8 Å². The molecule has 1 unspecified atom stereocenters. The van der Waals surface area contributed by atoms with Gasteiger partial charge in [-0.1, -0.05) is 145 Å². The molecule has 8 heteroatoms. The van der Waals surface area contributed by atoms with Gasteiger partial charge >= 0.3 is 0 Å². The fourth-order valence-corrected chi connectivity index (χ4v) is 6.54. The van der Waals surface area contributed by atoms with Crippen LogP contribution in [0, 0.1) is 6.92 Å². The number of hydrazine groups is 1. The van der Waals surface area contributed by atoms with E-state index in [1.54, 1.807) is 9.69 Å². The van der Waals surface area contributed by atoms with Gasteiger partial charge in [0.15, 0.2) is 11.9 Å². The molecule has 1 amide bonds. The summed E-state index contributed by atoms with van der Waals surface area (Å²) in [5, 5.41) is 10.3. The number of aromatic nitrogens is 3. The fourth-order valence-electron chi connectivity index (χ4n) is 6.54. The van der Waals surface area contributed by atoms with Crippen LogP contribution >= 0.6 is 0 Å². The number of fused-ring (bicyclic) bond motifs is 1. The lowest BCUT2D eigenvalue weighted by molar-refractivity contribution is -0.132. The largest absolute Gasteiger partial charge is 0.494 e. The Morgan fingerprint density at radius 2 is 1.37 bits per heavy atom. The van der Waals surface area contributed by atoms with E-state index in [2.05, 4.69) is 22.7 Å². The van der Waals surface area contributed by atoms with Crippen LogP contribution in [0.2, 0.25) is 0 Å². The summed E-state index contributed by atoms with van der Waals surface area (Å²) in [7, 11) is 0. The van der Waals surface area contributed by atoms with Crippen molar-refractivity contribution >= 4 is 28.5 Å². The molecule has 1 fully saturated rings. The number of aryl methyl sites for hydroxylation is 1. The second-order valence-corrected chi connectivity index (χ2v) is 13.6. The van der Waals surface area contributed by atoms with Crippen LogP contribution in [-0.4, -0.2) is 38.4 Å². The summed E-state index contributed by atoms with van der Waals surface area (Å²) in [6, 6.07) is 22.9. The molecule has 2 heterocycles. The third-order valence-electron chi connectivity index (χ3n) is 9.42. The molecule has 1 aliphatic heterocycles. The normalized spacial score (nSPS) is 15.4. The van der Waals surface area contributed by atoms with Crippen LogP contribution < -0.4 is 10.2 Å². The Kier molecular flexibility index (Phi) is 14.5. The summed E-state index contributed by atoms with van der Waals surface area (Å²) < 4.78 is 7.72. The molecule has 5 rings (SSSR count). The van der Waals surface area contributed by atoms with Crippen molar-refractivity contribution in [3.63, 3.8) is 0 Å². The van der Waals surface area contributed by atoms with Crippen LogP contribution in [-0.2, 0) is 11.3 Å². The average molecular weight is 665 g/mol. The second-order valence-electron chi connectivity index (χ2n) is 13.6. The van der Waals surface area contributed by atoms with E-state index in [0.717, 1.165) is 46.6 Å². The van der Waals surface area contributed by atoms with E-state index >= 15 is 0 Å². The molecule has 0 spiro atoms. The zero-order chi connectivity index (χ0) is 34.1. The van der Waals surface area contributed by atoms with E-state index in [-0.39, 0.29) is 5.91 Å². The quantitative estimate of drug-likeness (QED) is 0.0846. The molecule has 1 saturated heterocycles. The van der Waals surface area contributed by atoms with Crippen molar-refractivity contribution in [3.05, 3.63) is 83.9 Å². The summed E-state index contributed by atoms with van der Waals surface area (Å²) in [6.07, 6.45) is 21.8. The molecule has 8 nitrogen and oxygen atoms in total. The molecule has 1 atom stereocenters. The number of aliphatic imine (C=N–C) groups is 1. The molecular formula is C41H56N6O2. The van der Waals surface area contributed by atoms with Gasteiger partial charge in [0, 0.05) is 0 Å². The van der Waals surface area contributed by atoms with Gasteiger partial charge in [-0.05, 0) is 60.9 Å². The van der Waals surface area contributed by atoms with Crippen molar-refractivity contribution in [3.8, 4) is 5.75 Å². The first kappa shape index (κ1) is 36.1. The third kappa shape index (κ3) is 11.2. The Morgan fingerprint density at radius 1 is 0.755 bits per heavy atom. The number of carbonyl (C=O) groups excluding carboxylic acids is 1. The van der Waals surface area contributed by atoms with Gasteiger partial charge in [0.1, 0.15) is 11.3 Å². The van der Waals surface area contributed by atoms with Crippen molar-refractivity contribution in [2.75, 3.05) is 6.61 Å². The topological polar surface area (TPSA) is 84.6 Å². The third-order valence-corrected chi connectivity index (χ3v) is 9.42. The maximum Gasteiger partial charge on any atom is 0.274 e. The molecule has 1 aliphatic rings. The Hall–Kier alpha value is -4.20. The van der Waals surface area contributed by atoms with E-state index < -0.39 is 6.04 Å². The number of amides is 1. The Bertz CT molecular complexity index is 1580. The zero-order valence-electron chi connectivity index (χ0n) is 29.8. The monoisotopic (exact) mass is 664 g/mol. The van der Waals surface area contributed by atoms with Crippen LogP contribution in [0.1, 0.15) is 127 Å². The summed E-state index contributed by atoms with van der Waals surface area (Å²) in [5.74, 6) is 1.21. The lowest BCUT2D eigenvalue weighted by atomic mass is 10.0. The fraction of sp³-hybridized carbons (Fsp3) is 0.512. The molecular weight excluding hydrogens is 608 g/mol. The zero-order valence-corrected chi connectivity index (χ0v) is 29.8. The van der Waals surface area contributed by atoms with E-state index in [0.29, 0.717) is 12.4 Å². The Balaban J connectivity index is 1.05. The average Bonchev–Trinajstić information content (AvgIpc) is 3.65. The summed E-state index contributed by atoms with van der Waals surface area (Å²) >= 11 is 0. The molecule has 0 bridgehead atoms. The maximum atomic E-state index is 13.8. The number of carbonyl (C=O) groups is 1. The summed E-state index contributed by atoms with van der Waals surface area (Å²) in [4.78, 5) is 18.7. The first-order valence-corrected chi connectivity index (χ1v) is 18.9. The van der Waals surface area contributed by atoms with Crippen molar-refractivity contribution in [1.82, 2.24) is 25.4 Å². The minimum absolute atomic E-state index is 0.130. The van der Waals surface area contributed by atoms with Gasteiger partial charge in [0.2, 0.25) is 0 Å². The van der Waals surface area contributed by atoms with Gasteiger partial charge in [0.25, 0.3) is 5.91 Å². The summed E-state index contributed by atoms with van der Waals surface area (Å²) in [6.45, 7) is 5.44. The predicted molar refractivity (Wildman–Crippen MR) is 200 cm³/mol. The lowest BCUT2D eigenvalue weighted by Crippen LogP contribution is -2.35. The maximum absolute atomic E-state index is 13.8. The highest BCUT2D eigenvalue weighted by atomic mass is 16.5. The van der Waals surface area contributed by atoms with Crippen molar-refractivity contribution in [2.24, 2.45) is 4.99 Å². The molecule has 4 aromatic rings. The number of amidine groups is 1. The van der Waals surface area contributed by atoms with Gasteiger partial charge < -0.3 is 4.74 Å². The van der Waals surface area contributed by atoms with Crippen molar-refractivity contribution < 1.29 is 9.53 Å². The van der Waals surface area contributed by atoms with Gasteiger partial charge in [-0.2, -0.15) is 0 Å². The SMILES string of the molecule is CCCCCCCCCCCCCCCCCCOc1ccc(N=C2NN(Cc3ccccc3)C(=O)C2n2nnc3ccc(C)cc32)cc1. The minimum atomic E-state index is -0.749. The van der Waals surface area contributed by atoms with E-state index in [4.69, 9.17) is 9.73 Å². The van der Waals surface area contributed by atoms with Crippen molar-refractivity contribution in [2.45, 2.75) is 129 Å². The molecule has 1 N–H and O–H groups in total. The van der Waals surface area contributed by atoms with E-state index in [1.807, 2.05) is 79.7 Å². The standard InChI is InChI=1S/C41H56N6O2/c1-3-4-5-6-7-8-9-10-11-12-13-14-15-16-17-21-30-49-36-27-25-35(26-28-36)42-40-39(47-38-31-33(2)24-29-37(38)43-45-47)41(48)46(44-40)32-34-22-19-18-20-23-34/h18-20,22-29,31,39H,3-17,21,30,32H2,1-2H3,(H,42,44). The minimum Gasteiger partial charge on any atom is -0.494 e. The Morgan fingerprint density at radius 3 is 2.00 bits per heavy atom. The molecule has 262 valence electrons. The van der Waals surface area contributed by atoms with Gasteiger partial charge in [-0.15, -0.1) is 5.10 Å².